The molecule has 0 aliphatic rings. The van der Waals surface area contributed by atoms with Crippen molar-refractivity contribution in [3.05, 3.63) is 124 Å². The molecule has 0 spiro atoms. The average molecular weight is 552 g/mol. The normalized spacial score (nSPS) is 11.3. The third kappa shape index (κ3) is 7.54. The molecule has 0 aliphatic carbocycles. The lowest BCUT2D eigenvalue weighted by Gasteiger charge is -2.20. The molecule has 10 heteroatoms. The van der Waals surface area contributed by atoms with Crippen LogP contribution in [0.2, 0.25) is 0 Å². The third-order valence-electron chi connectivity index (χ3n) is 6.21. The first-order chi connectivity index (χ1) is 19.9. The van der Waals surface area contributed by atoms with Gasteiger partial charge in [-0.3, -0.25) is 19.7 Å². The average Bonchev–Trinajstić information content (AvgIpc) is 3.47. The molecule has 1 heterocycles. The maximum absolute atomic E-state index is 13.1. The summed E-state index contributed by atoms with van der Waals surface area (Å²) in [4.78, 5) is 38.5. The maximum Gasteiger partial charge on any atom is 0.287 e. The number of nitrogens with zero attached hydrogens (tertiary/aromatic N) is 3. The van der Waals surface area contributed by atoms with Crippen LogP contribution in [0.3, 0.4) is 0 Å². The molecule has 10 nitrogen and oxygen atoms in total. The fourth-order valence-corrected chi connectivity index (χ4v) is 4.02. The predicted octanol–water partition coefficient (Wildman–Crippen LogP) is 5.62. The summed E-state index contributed by atoms with van der Waals surface area (Å²) in [6.45, 7) is 5.90. The number of benzene rings is 3. The summed E-state index contributed by atoms with van der Waals surface area (Å²) >= 11 is 0. The molecule has 0 radical (unpaired) electrons. The standard InChI is InChI=1S/C31H29N5O5/c1-3-35(4-2)25-14-10-22(11-15-25)20-28(33-30(37)24-8-6-5-7-9-24)31(38)34-32-21-27-18-19-29(41-27)23-12-16-26(17-13-23)36(39)40/h5-21H,3-4H2,1-2H3,(H,33,37)(H,34,38)/b28-20+,32-21+. The van der Waals surface area contributed by atoms with Gasteiger partial charge in [0.05, 0.1) is 11.1 Å². The van der Waals surface area contributed by atoms with Crippen molar-refractivity contribution in [3.63, 3.8) is 0 Å². The summed E-state index contributed by atoms with van der Waals surface area (Å²) in [5.74, 6) is -0.226. The van der Waals surface area contributed by atoms with Crippen molar-refractivity contribution in [2.45, 2.75) is 13.8 Å². The molecule has 0 unspecified atom stereocenters. The number of anilines is 1. The number of carbonyl (C=O) groups excluding carboxylic acids is 2. The van der Waals surface area contributed by atoms with Crippen LogP contribution in [0, 0.1) is 10.1 Å². The van der Waals surface area contributed by atoms with Gasteiger partial charge in [-0.05, 0) is 74.0 Å². The molecule has 2 amide bonds. The Morgan fingerprint density at radius 2 is 1.61 bits per heavy atom. The number of hydrogen-bond donors (Lipinski definition) is 2. The van der Waals surface area contributed by atoms with Gasteiger partial charge in [-0.2, -0.15) is 5.10 Å². The van der Waals surface area contributed by atoms with Gasteiger partial charge in [0.1, 0.15) is 17.2 Å². The van der Waals surface area contributed by atoms with Gasteiger partial charge >= 0.3 is 0 Å². The summed E-state index contributed by atoms with van der Waals surface area (Å²) < 4.78 is 5.72. The van der Waals surface area contributed by atoms with E-state index in [1.165, 1.54) is 18.3 Å². The van der Waals surface area contributed by atoms with E-state index < -0.39 is 16.7 Å². The van der Waals surface area contributed by atoms with Gasteiger partial charge in [0.25, 0.3) is 17.5 Å². The Hall–Kier alpha value is -5.51. The Kier molecular flexibility index (Phi) is 9.40. The van der Waals surface area contributed by atoms with Crippen molar-refractivity contribution in [1.29, 1.82) is 0 Å². The Balaban J connectivity index is 1.50. The molecular formula is C31H29N5O5. The molecule has 41 heavy (non-hydrogen) atoms. The van der Waals surface area contributed by atoms with E-state index in [0.29, 0.717) is 22.6 Å². The highest BCUT2D eigenvalue weighted by Crippen LogP contribution is 2.24. The number of nitro groups is 1. The zero-order valence-corrected chi connectivity index (χ0v) is 22.6. The highest BCUT2D eigenvalue weighted by Gasteiger charge is 2.15. The molecule has 4 rings (SSSR count). The van der Waals surface area contributed by atoms with Gasteiger partial charge in [0.2, 0.25) is 0 Å². The number of carbonyl (C=O) groups is 2. The number of nitrogens with one attached hydrogen (secondary N) is 2. The van der Waals surface area contributed by atoms with Crippen LogP contribution in [0.1, 0.15) is 35.5 Å². The molecule has 0 aliphatic heterocycles. The fourth-order valence-electron chi connectivity index (χ4n) is 4.02. The zero-order valence-electron chi connectivity index (χ0n) is 22.6. The summed E-state index contributed by atoms with van der Waals surface area (Å²) in [6, 6.07) is 25.6. The zero-order chi connectivity index (χ0) is 29.2. The molecule has 3 aromatic carbocycles. The number of hydrogen-bond acceptors (Lipinski definition) is 7. The largest absolute Gasteiger partial charge is 0.455 e. The molecule has 0 atom stereocenters. The van der Waals surface area contributed by atoms with Crippen LogP contribution < -0.4 is 15.6 Å². The predicted molar refractivity (Wildman–Crippen MR) is 158 cm³/mol. The Morgan fingerprint density at radius 1 is 0.927 bits per heavy atom. The van der Waals surface area contributed by atoms with Crippen LogP contribution in [0.4, 0.5) is 11.4 Å². The van der Waals surface area contributed by atoms with Crippen molar-refractivity contribution < 1.29 is 18.9 Å². The summed E-state index contributed by atoms with van der Waals surface area (Å²) in [7, 11) is 0. The second-order valence-corrected chi connectivity index (χ2v) is 8.85. The fraction of sp³-hybridized carbons (Fsp3) is 0.129. The Labute approximate surface area is 237 Å². The molecule has 208 valence electrons. The van der Waals surface area contributed by atoms with Crippen LogP contribution >= 0.6 is 0 Å². The molecule has 0 saturated heterocycles. The monoisotopic (exact) mass is 551 g/mol. The first-order valence-corrected chi connectivity index (χ1v) is 13.0. The lowest BCUT2D eigenvalue weighted by Crippen LogP contribution is -2.32. The quantitative estimate of drug-likeness (QED) is 0.108. The molecular weight excluding hydrogens is 522 g/mol. The highest BCUT2D eigenvalue weighted by atomic mass is 16.6. The van der Waals surface area contributed by atoms with E-state index in [-0.39, 0.29) is 11.4 Å². The van der Waals surface area contributed by atoms with Crippen LogP contribution in [0.5, 0.6) is 0 Å². The Morgan fingerprint density at radius 3 is 2.24 bits per heavy atom. The van der Waals surface area contributed by atoms with Crippen molar-refractivity contribution in [1.82, 2.24) is 10.7 Å². The number of furan rings is 1. The first kappa shape index (κ1) is 28.5. The molecule has 0 fully saturated rings. The second kappa shape index (κ2) is 13.5. The van der Waals surface area contributed by atoms with Gasteiger partial charge in [-0.15, -0.1) is 0 Å². The van der Waals surface area contributed by atoms with Crippen LogP contribution in [0.15, 0.2) is 106 Å². The van der Waals surface area contributed by atoms with E-state index in [9.17, 15) is 19.7 Å². The van der Waals surface area contributed by atoms with Gasteiger partial charge in [0, 0.05) is 42.0 Å². The van der Waals surface area contributed by atoms with Gasteiger partial charge < -0.3 is 14.6 Å². The highest BCUT2D eigenvalue weighted by molar-refractivity contribution is 6.05. The topological polar surface area (TPSA) is 130 Å². The van der Waals surface area contributed by atoms with E-state index in [1.807, 2.05) is 24.3 Å². The maximum atomic E-state index is 13.1. The molecule has 0 saturated carbocycles. The first-order valence-electron chi connectivity index (χ1n) is 13.0. The van der Waals surface area contributed by atoms with E-state index in [1.54, 1.807) is 60.7 Å². The lowest BCUT2D eigenvalue weighted by atomic mass is 10.1. The van der Waals surface area contributed by atoms with E-state index in [4.69, 9.17) is 4.42 Å². The number of hydrazone groups is 1. The van der Waals surface area contributed by atoms with Gasteiger partial charge in [-0.25, -0.2) is 5.43 Å². The van der Waals surface area contributed by atoms with Crippen molar-refractivity contribution in [2.24, 2.45) is 5.10 Å². The minimum Gasteiger partial charge on any atom is -0.455 e. The minimum absolute atomic E-state index is 0.0117. The van der Waals surface area contributed by atoms with E-state index >= 15 is 0 Å². The molecule has 0 bridgehead atoms. The summed E-state index contributed by atoms with van der Waals surface area (Å²) in [6.07, 6.45) is 2.90. The third-order valence-corrected chi connectivity index (χ3v) is 6.21. The number of rotatable bonds is 11. The SMILES string of the molecule is CCN(CC)c1ccc(/C=C(/NC(=O)c2ccccc2)C(=O)N/N=C/c2ccc(-c3ccc([N+](=O)[O-])cc3)o2)cc1. The van der Waals surface area contributed by atoms with Crippen molar-refractivity contribution in [2.75, 3.05) is 18.0 Å². The molecule has 4 aromatic rings. The second-order valence-electron chi connectivity index (χ2n) is 8.85. The molecule has 2 N–H and O–H groups in total. The van der Waals surface area contributed by atoms with Crippen LogP contribution in [-0.2, 0) is 4.79 Å². The summed E-state index contributed by atoms with van der Waals surface area (Å²) in [5.41, 5.74) is 5.26. The van der Waals surface area contributed by atoms with E-state index in [2.05, 4.69) is 34.6 Å². The van der Waals surface area contributed by atoms with Crippen molar-refractivity contribution >= 4 is 35.5 Å². The smallest absolute Gasteiger partial charge is 0.287 e. The van der Waals surface area contributed by atoms with Gasteiger partial charge in [0.15, 0.2) is 0 Å². The van der Waals surface area contributed by atoms with E-state index in [0.717, 1.165) is 24.3 Å². The van der Waals surface area contributed by atoms with Gasteiger partial charge in [-0.1, -0.05) is 30.3 Å². The van der Waals surface area contributed by atoms with Crippen LogP contribution in [0.25, 0.3) is 17.4 Å². The number of non-ortho nitro benzene ring substituents is 1. The number of amides is 2. The van der Waals surface area contributed by atoms with Crippen LogP contribution in [-0.4, -0.2) is 36.0 Å². The molecule has 1 aromatic heterocycles. The summed E-state index contributed by atoms with van der Waals surface area (Å²) in [5, 5.41) is 17.5. The minimum atomic E-state index is -0.625. The number of nitro benzene ring substituents is 1. The lowest BCUT2D eigenvalue weighted by molar-refractivity contribution is -0.384. The van der Waals surface area contributed by atoms with Crippen molar-refractivity contribution in [3.8, 4) is 11.3 Å². The Bertz CT molecular complexity index is 1550.